The molecule has 0 radical (unpaired) electrons. The average Bonchev–Trinajstić information content (AvgIpc) is 2.76. The van der Waals surface area contributed by atoms with Crippen molar-refractivity contribution in [1.82, 2.24) is 4.90 Å². The van der Waals surface area contributed by atoms with Crippen LogP contribution in [0.2, 0.25) is 0 Å². The number of aliphatic hydroxyl groups is 1. The molecular formula is C23H27F3N2O4. The third-order valence-electron chi connectivity index (χ3n) is 5.02. The third-order valence-corrected chi connectivity index (χ3v) is 5.02. The topological polar surface area (TPSA) is 71.4 Å². The summed E-state index contributed by atoms with van der Waals surface area (Å²) in [4.78, 5) is 17.9. The lowest BCUT2D eigenvalue weighted by molar-refractivity contribution is -0.248. The van der Waals surface area contributed by atoms with Crippen LogP contribution in [0.1, 0.15) is 40.9 Å². The van der Waals surface area contributed by atoms with Crippen LogP contribution in [0.25, 0.3) is 0 Å². The van der Waals surface area contributed by atoms with E-state index in [9.17, 15) is 23.1 Å². The smallest absolute Gasteiger partial charge is 0.425 e. The standard InChI is InChI=1S/C23H27F3N2O4/c1-6-28(4)14-27-19-13-20(31-5)18(12-15(19)3)22(30,23(24,25)26)17-10-8-16(9-11-17)21(29)32-7-2/h8-14,30H,6-7H2,1-5H3. The van der Waals surface area contributed by atoms with Crippen LogP contribution in [-0.2, 0) is 10.3 Å². The van der Waals surface area contributed by atoms with Crippen LogP contribution < -0.4 is 4.74 Å². The summed E-state index contributed by atoms with van der Waals surface area (Å²) >= 11 is 0. The molecule has 2 aromatic rings. The molecule has 1 unspecified atom stereocenters. The number of nitrogens with zero attached hydrogens (tertiary/aromatic N) is 2. The van der Waals surface area contributed by atoms with Gasteiger partial charge >= 0.3 is 12.1 Å². The zero-order chi connectivity index (χ0) is 24.1. The van der Waals surface area contributed by atoms with Gasteiger partial charge in [-0.2, -0.15) is 13.2 Å². The first-order chi connectivity index (χ1) is 15.0. The van der Waals surface area contributed by atoms with Crippen LogP contribution >= 0.6 is 0 Å². The molecule has 0 bridgehead atoms. The second kappa shape index (κ2) is 10.0. The molecule has 0 amide bonds. The highest BCUT2D eigenvalue weighted by molar-refractivity contribution is 5.89. The first kappa shape index (κ1) is 25.2. The number of aliphatic imine (C=N–C) groups is 1. The minimum absolute atomic E-state index is 0.0769. The van der Waals surface area contributed by atoms with Crippen molar-refractivity contribution >= 4 is 18.0 Å². The highest BCUT2D eigenvalue weighted by Gasteiger charge is 2.57. The van der Waals surface area contributed by atoms with E-state index in [0.29, 0.717) is 17.8 Å². The predicted octanol–water partition coefficient (Wildman–Crippen LogP) is 4.59. The van der Waals surface area contributed by atoms with Crippen LogP contribution in [0.5, 0.6) is 5.75 Å². The molecule has 1 N–H and O–H groups in total. The Labute approximate surface area is 185 Å². The number of halogens is 3. The number of rotatable bonds is 8. The van der Waals surface area contributed by atoms with Crippen LogP contribution in [-0.4, -0.2) is 55.8 Å². The molecule has 174 valence electrons. The number of aryl methyl sites for hydroxylation is 1. The van der Waals surface area contributed by atoms with Gasteiger partial charge in [0.1, 0.15) is 5.75 Å². The first-order valence-corrected chi connectivity index (χ1v) is 9.99. The van der Waals surface area contributed by atoms with E-state index in [2.05, 4.69) is 4.99 Å². The van der Waals surface area contributed by atoms with E-state index < -0.39 is 28.9 Å². The number of methoxy groups -OCH3 is 1. The maximum Gasteiger partial charge on any atom is 0.425 e. The van der Waals surface area contributed by atoms with Crippen molar-refractivity contribution in [1.29, 1.82) is 0 Å². The van der Waals surface area contributed by atoms with Gasteiger partial charge in [-0.25, -0.2) is 9.79 Å². The molecule has 32 heavy (non-hydrogen) atoms. The van der Waals surface area contributed by atoms with Gasteiger partial charge in [-0.1, -0.05) is 12.1 Å². The van der Waals surface area contributed by atoms with Gasteiger partial charge in [0.25, 0.3) is 0 Å². The van der Waals surface area contributed by atoms with Gasteiger partial charge in [0, 0.05) is 25.2 Å². The van der Waals surface area contributed by atoms with Crippen molar-refractivity contribution in [2.45, 2.75) is 32.5 Å². The van der Waals surface area contributed by atoms with Crippen molar-refractivity contribution < 1.29 is 32.5 Å². The number of hydrogen-bond donors (Lipinski definition) is 1. The second-order valence-corrected chi connectivity index (χ2v) is 7.16. The van der Waals surface area contributed by atoms with E-state index >= 15 is 0 Å². The zero-order valence-corrected chi connectivity index (χ0v) is 18.7. The summed E-state index contributed by atoms with van der Waals surface area (Å²) in [6.45, 7) is 5.98. The Kier molecular flexibility index (Phi) is 7.90. The largest absolute Gasteiger partial charge is 0.496 e. The molecule has 2 rings (SSSR count). The molecule has 0 aliphatic heterocycles. The van der Waals surface area contributed by atoms with Crippen molar-refractivity contribution in [2.24, 2.45) is 4.99 Å². The third kappa shape index (κ3) is 5.04. The summed E-state index contributed by atoms with van der Waals surface area (Å²) in [7, 11) is 3.03. The molecule has 0 heterocycles. The van der Waals surface area contributed by atoms with E-state index in [1.165, 1.54) is 31.4 Å². The normalized spacial score (nSPS) is 13.7. The monoisotopic (exact) mass is 452 g/mol. The number of ether oxygens (including phenoxy) is 2. The van der Waals surface area contributed by atoms with Gasteiger partial charge in [0.15, 0.2) is 0 Å². The second-order valence-electron chi connectivity index (χ2n) is 7.16. The van der Waals surface area contributed by atoms with E-state index in [-0.39, 0.29) is 17.9 Å². The van der Waals surface area contributed by atoms with Gasteiger partial charge in [0.05, 0.1) is 31.3 Å². The first-order valence-electron chi connectivity index (χ1n) is 9.99. The Morgan fingerprint density at radius 3 is 2.31 bits per heavy atom. The fourth-order valence-electron chi connectivity index (χ4n) is 3.04. The summed E-state index contributed by atoms with van der Waals surface area (Å²) in [6.07, 6.45) is -3.52. The predicted molar refractivity (Wildman–Crippen MR) is 116 cm³/mol. The summed E-state index contributed by atoms with van der Waals surface area (Å²) in [5.41, 5.74) is -3.40. The van der Waals surface area contributed by atoms with Crippen LogP contribution in [0.4, 0.5) is 18.9 Å². The van der Waals surface area contributed by atoms with Gasteiger partial charge in [-0.05, 0) is 50.1 Å². The molecule has 6 nitrogen and oxygen atoms in total. The fraction of sp³-hybridized carbons (Fsp3) is 0.391. The molecule has 0 spiro atoms. The van der Waals surface area contributed by atoms with E-state index in [0.717, 1.165) is 12.1 Å². The number of hydrogen-bond acceptors (Lipinski definition) is 5. The SMILES string of the molecule is CCOC(=O)c1ccc(C(O)(c2cc(C)c(N=CN(C)CC)cc2OC)C(F)(F)F)cc1. The number of alkyl halides is 3. The summed E-state index contributed by atoms with van der Waals surface area (Å²) in [6, 6.07) is 7.04. The number of carbonyl (C=O) groups is 1. The molecule has 0 fully saturated rings. The van der Waals surface area contributed by atoms with Crippen LogP contribution in [0.3, 0.4) is 0 Å². The van der Waals surface area contributed by atoms with Crippen molar-refractivity contribution in [3.63, 3.8) is 0 Å². The van der Waals surface area contributed by atoms with Crippen molar-refractivity contribution in [3.05, 3.63) is 58.7 Å². The van der Waals surface area contributed by atoms with E-state index in [4.69, 9.17) is 9.47 Å². The fourth-order valence-corrected chi connectivity index (χ4v) is 3.04. The van der Waals surface area contributed by atoms with Gasteiger partial charge in [-0.3, -0.25) is 0 Å². The van der Waals surface area contributed by atoms with E-state index in [1.807, 2.05) is 14.0 Å². The molecule has 2 aromatic carbocycles. The molecule has 0 aromatic heterocycles. The van der Waals surface area contributed by atoms with Gasteiger partial charge < -0.3 is 19.5 Å². The molecule has 9 heteroatoms. The molecular weight excluding hydrogens is 425 g/mol. The Hall–Kier alpha value is -3.07. The maximum absolute atomic E-state index is 14.3. The van der Waals surface area contributed by atoms with Gasteiger partial charge in [0.2, 0.25) is 5.60 Å². The zero-order valence-electron chi connectivity index (χ0n) is 18.7. The Morgan fingerprint density at radius 2 is 1.81 bits per heavy atom. The minimum Gasteiger partial charge on any atom is -0.496 e. The lowest BCUT2D eigenvalue weighted by atomic mass is 9.83. The average molecular weight is 452 g/mol. The molecule has 0 saturated carbocycles. The number of carbonyl (C=O) groups excluding carboxylic acids is 1. The Balaban J connectivity index is 2.64. The molecule has 1 atom stereocenters. The Morgan fingerprint density at radius 1 is 1.19 bits per heavy atom. The van der Waals surface area contributed by atoms with Crippen molar-refractivity contribution in [3.8, 4) is 5.75 Å². The highest BCUT2D eigenvalue weighted by atomic mass is 19.4. The lowest BCUT2D eigenvalue weighted by Gasteiger charge is -2.33. The maximum atomic E-state index is 14.3. The van der Waals surface area contributed by atoms with Gasteiger partial charge in [-0.15, -0.1) is 0 Å². The quantitative estimate of drug-likeness (QED) is 0.360. The van der Waals surface area contributed by atoms with Crippen molar-refractivity contribution in [2.75, 3.05) is 27.3 Å². The van der Waals surface area contributed by atoms with Crippen LogP contribution in [0.15, 0.2) is 41.4 Å². The summed E-state index contributed by atoms with van der Waals surface area (Å²) < 4.78 is 52.9. The Bertz CT molecular complexity index is 974. The summed E-state index contributed by atoms with van der Waals surface area (Å²) in [5, 5.41) is 11.0. The number of benzene rings is 2. The number of esters is 1. The van der Waals surface area contributed by atoms with E-state index in [1.54, 1.807) is 25.1 Å². The molecule has 0 aliphatic carbocycles. The lowest BCUT2D eigenvalue weighted by Crippen LogP contribution is -2.43. The van der Waals surface area contributed by atoms with Crippen LogP contribution in [0, 0.1) is 6.92 Å². The summed E-state index contributed by atoms with van der Waals surface area (Å²) in [5.74, 6) is -0.835. The minimum atomic E-state index is -5.08. The molecule has 0 saturated heterocycles. The highest BCUT2D eigenvalue weighted by Crippen LogP contribution is 2.48. The molecule has 0 aliphatic rings.